The third-order valence-corrected chi connectivity index (χ3v) is 1.95. The number of aliphatic hydroxyl groups is 1. The first-order valence-electron chi connectivity index (χ1n) is 5.63. The Bertz CT molecular complexity index is 185. The highest BCUT2D eigenvalue weighted by Crippen LogP contribution is 2.04. The van der Waals surface area contributed by atoms with Gasteiger partial charge in [0, 0.05) is 19.6 Å². The number of hydrogen-bond donors (Lipinski definition) is 2. The van der Waals surface area contributed by atoms with Gasteiger partial charge in [-0.1, -0.05) is 13.5 Å². The molecule has 0 saturated carbocycles. The maximum absolute atomic E-state index is 9.63. The van der Waals surface area contributed by atoms with Gasteiger partial charge >= 0.3 is 0 Å². The summed E-state index contributed by atoms with van der Waals surface area (Å²) in [6.45, 7) is 13.2. The van der Waals surface area contributed by atoms with E-state index < -0.39 is 5.60 Å². The summed E-state index contributed by atoms with van der Waals surface area (Å²) >= 11 is 0. The van der Waals surface area contributed by atoms with Crippen molar-refractivity contribution < 1.29 is 5.11 Å². The number of rotatable bonds is 8. The first kappa shape index (κ1) is 14.6. The van der Waals surface area contributed by atoms with E-state index in [1.54, 1.807) is 0 Å². The molecule has 0 aromatic carbocycles. The third kappa shape index (κ3) is 9.91. The molecule has 0 atom stereocenters. The molecule has 0 rings (SSSR count). The average Bonchev–Trinajstić information content (AvgIpc) is 2.00. The minimum Gasteiger partial charge on any atom is -0.389 e. The maximum Gasteiger partial charge on any atom is 0.0718 e. The van der Waals surface area contributed by atoms with Crippen LogP contribution in [0.15, 0.2) is 12.2 Å². The minimum atomic E-state index is -0.633. The average molecular weight is 214 g/mol. The quantitative estimate of drug-likeness (QED) is 0.471. The van der Waals surface area contributed by atoms with Crippen LogP contribution < -0.4 is 5.32 Å². The van der Waals surface area contributed by atoms with Gasteiger partial charge in [-0.25, -0.2) is 0 Å². The van der Waals surface area contributed by atoms with Crippen molar-refractivity contribution in [2.24, 2.45) is 0 Å². The van der Waals surface area contributed by atoms with E-state index in [0.29, 0.717) is 6.54 Å². The van der Waals surface area contributed by atoms with Gasteiger partial charge < -0.3 is 10.4 Å². The monoisotopic (exact) mass is 214 g/mol. The maximum atomic E-state index is 9.63. The molecule has 0 aliphatic carbocycles. The van der Waals surface area contributed by atoms with Crippen molar-refractivity contribution in [3.8, 4) is 0 Å². The molecule has 0 aromatic heterocycles. The summed E-state index contributed by atoms with van der Waals surface area (Å²) in [4.78, 5) is 2.09. The lowest BCUT2D eigenvalue weighted by molar-refractivity contribution is 0.0472. The zero-order valence-electron chi connectivity index (χ0n) is 10.6. The number of nitrogens with zero attached hydrogens (tertiary/aromatic N) is 1. The second kappa shape index (κ2) is 6.99. The Morgan fingerprint density at radius 2 is 2.07 bits per heavy atom. The fraction of sp³-hybridized carbons (Fsp3) is 0.833. The van der Waals surface area contributed by atoms with E-state index in [9.17, 15) is 5.11 Å². The lowest BCUT2D eigenvalue weighted by atomic mass is 10.1. The first-order chi connectivity index (χ1) is 6.85. The predicted octanol–water partition coefficient (Wildman–Crippen LogP) is 1.24. The molecule has 0 amide bonds. The van der Waals surface area contributed by atoms with Gasteiger partial charge in [-0.05, 0) is 39.4 Å². The van der Waals surface area contributed by atoms with Crippen LogP contribution in [0.25, 0.3) is 0 Å². The largest absolute Gasteiger partial charge is 0.389 e. The van der Waals surface area contributed by atoms with Gasteiger partial charge in [-0.3, -0.25) is 4.90 Å². The van der Waals surface area contributed by atoms with Crippen LogP contribution in [0.2, 0.25) is 0 Å². The van der Waals surface area contributed by atoms with Gasteiger partial charge in [0.25, 0.3) is 0 Å². The van der Waals surface area contributed by atoms with Gasteiger partial charge in [0.2, 0.25) is 0 Å². The van der Waals surface area contributed by atoms with Crippen LogP contribution in [0, 0.1) is 0 Å². The Balaban J connectivity index is 3.67. The van der Waals surface area contributed by atoms with Crippen LogP contribution in [-0.2, 0) is 0 Å². The highest BCUT2D eigenvalue weighted by molar-refractivity contribution is 4.99. The van der Waals surface area contributed by atoms with Crippen LogP contribution in [0.3, 0.4) is 0 Å². The Kier molecular flexibility index (Phi) is 6.81. The highest BCUT2D eigenvalue weighted by Gasteiger charge is 2.15. The Morgan fingerprint density at radius 3 is 2.53 bits per heavy atom. The van der Waals surface area contributed by atoms with E-state index in [-0.39, 0.29) is 0 Å². The molecule has 3 heteroatoms. The highest BCUT2D eigenvalue weighted by atomic mass is 16.3. The molecule has 0 unspecified atom stereocenters. The summed E-state index contributed by atoms with van der Waals surface area (Å²) in [5.74, 6) is 0. The summed E-state index contributed by atoms with van der Waals surface area (Å²) in [6, 6.07) is 0. The first-order valence-corrected chi connectivity index (χ1v) is 5.63. The van der Waals surface area contributed by atoms with Crippen LogP contribution in [0.1, 0.15) is 27.2 Å². The summed E-state index contributed by atoms with van der Waals surface area (Å²) < 4.78 is 0. The Morgan fingerprint density at radius 1 is 1.47 bits per heavy atom. The lowest BCUT2D eigenvalue weighted by Gasteiger charge is -2.26. The molecule has 0 heterocycles. The molecule has 3 nitrogen and oxygen atoms in total. The van der Waals surface area contributed by atoms with Crippen LogP contribution >= 0.6 is 0 Å². The standard InChI is InChI=1S/C12H26N2O/c1-6-7-13-8-11(2)9-14(5)10-12(3,4)15/h13,15H,2,6-10H2,1,3-5H3. The summed E-state index contributed by atoms with van der Waals surface area (Å²) in [5.41, 5.74) is 0.529. The van der Waals surface area contributed by atoms with E-state index in [1.165, 1.54) is 0 Å². The number of nitrogens with one attached hydrogen (secondary N) is 1. The van der Waals surface area contributed by atoms with E-state index in [4.69, 9.17) is 0 Å². The smallest absolute Gasteiger partial charge is 0.0718 e. The Labute approximate surface area is 94.2 Å². The molecular weight excluding hydrogens is 188 g/mol. The van der Waals surface area contributed by atoms with Crippen LogP contribution in [0.4, 0.5) is 0 Å². The fourth-order valence-electron chi connectivity index (χ4n) is 1.60. The molecule has 0 radical (unpaired) electrons. The van der Waals surface area contributed by atoms with Crippen molar-refractivity contribution in [3.05, 3.63) is 12.2 Å². The fourth-order valence-corrected chi connectivity index (χ4v) is 1.60. The second-order valence-corrected chi connectivity index (χ2v) is 4.91. The lowest BCUT2D eigenvalue weighted by Crippen LogP contribution is -2.38. The minimum absolute atomic E-state index is 0.633. The Hall–Kier alpha value is -0.380. The van der Waals surface area contributed by atoms with E-state index >= 15 is 0 Å². The molecule has 0 aliphatic heterocycles. The van der Waals surface area contributed by atoms with Crippen molar-refractivity contribution in [3.63, 3.8) is 0 Å². The molecule has 0 aromatic rings. The third-order valence-electron chi connectivity index (χ3n) is 1.95. The van der Waals surface area contributed by atoms with Gasteiger partial charge in [0.15, 0.2) is 0 Å². The normalized spacial score (nSPS) is 12.1. The molecule has 0 saturated heterocycles. The molecule has 0 fully saturated rings. The van der Waals surface area contributed by atoms with E-state index in [0.717, 1.165) is 31.6 Å². The van der Waals surface area contributed by atoms with Crippen molar-refractivity contribution in [1.82, 2.24) is 10.2 Å². The van der Waals surface area contributed by atoms with Crippen molar-refractivity contribution in [2.75, 3.05) is 33.2 Å². The predicted molar refractivity (Wildman–Crippen MR) is 66.1 cm³/mol. The van der Waals surface area contributed by atoms with Crippen molar-refractivity contribution >= 4 is 0 Å². The number of hydrogen-bond acceptors (Lipinski definition) is 3. The molecule has 2 N–H and O–H groups in total. The zero-order chi connectivity index (χ0) is 11.9. The molecule has 0 spiro atoms. The molecular formula is C12H26N2O. The SMILES string of the molecule is C=C(CNCCC)CN(C)CC(C)(C)O. The van der Waals surface area contributed by atoms with Gasteiger partial charge in [-0.15, -0.1) is 0 Å². The van der Waals surface area contributed by atoms with Crippen LogP contribution in [0.5, 0.6) is 0 Å². The summed E-state index contributed by atoms with van der Waals surface area (Å²) in [5, 5.41) is 12.9. The summed E-state index contributed by atoms with van der Waals surface area (Å²) in [7, 11) is 2.00. The summed E-state index contributed by atoms with van der Waals surface area (Å²) in [6.07, 6.45) is 1.15. The van der Waals surface area contributed by atoms with Gasteiger partial charge in [-0.2, -0.15) is 0 Å². The van der Waals surface area contributed by atoms with Crippen molar-refractivity contribution in [2.45, 2.75) is 32.8 Å². The van der Waals surface area contributed by atoms with E-state index in [1.807, 2.05) is 20.9 Å². The van der Waals surface area contributed by atoms with Gasteiger partial charge in [0.05, 0.1) is 5.60 Å². The molecule has 0 aliphatic rings. The molecule has 0 bridgehead atoms. The van der Waals surface area contributed by atoms with Crippen LogP contribution in [-0.4, -0.2) is 48.8 Å². The zero-order valence-corrected chi connectivity index (χ0v) is 10.6. The molecule has 90 valence electrons. The molecule has 15 heavy (non-hydrogen) atoms. The van der Waals surface area contributed by atoms with Gasteiger partial charge in [0.1, 0.15) is 0 Å². The number of likely N-dealkylation sites (N-methyl/N-ethyl adjacent to an activating group) is 1. The van der Waals surface area contributed by atoms with E-state index in [2.05, 4.69) is 23.7 Å². The second-order valence-electron chi connectivity index (χ2n) is 4.91. The topological polar surface area (TPSA) is 35.5 Å². The van der Waals surface area contributed by atoms with Crippen molar-refractivity contribution in [1.29, 1.82) is 0 Å².